The van der Waals surface area contributed by atoms with Gasteiger partial charge < -0.3 is 5.32 Å². The van der Waals surface area contributed by atoms with E-state index in [-0.39, 0.29) is 30.1 Å². The van der Waals surface area contributed by atoms with Crippen LogP contribution in [0.3, 0.4) is 0 Å². The lowest BCUT2D eigenvalue weighted by molar-refractivity contribution is -0.184. The summed E-state index contributed by atoms with van der Waals surface area (Å²) in [5, 5.41) is 2.73. The van der Waals surface area contributed by atoms with E-state index in [1.807, 2.05) is 0 Å². The number of nitrogens with one attached hydrogen (secondary N) is 1. The quantitative estimate of drug-likeness (QED) is 0.683. The van der Waals surface area contributed by atoms with Crippen molar-refractivity contribution in [2.45, 2.75) is 81.3 Å². The largest absolute Gasteiger partial charge is 0.391 e. The number of carbonyl (C=O) groups is 1. The zero-order chi connectivity index (χ0) is 22.5. The van der Waals surface area contributed by atoms with Gasteiger partial charge in [0.2, 0.25) is 15.9 Å². The van der Waals surface area contributed by atoms with Crippen molar-refractivity contribution in [2.24, 2.45) is 5.92 Å². The summed E-state index contributed by atoms with van der Waals surface area (Å²) >= 11 is 0. The molecule has 1 aromatic rings. The number of hydrogen-bond acceptors (Lipinski definition) is 3. The maximum absolute atomic E-state index is 12.9. The Bertz CT molecular complexity index is 833. The summed E-state index contributed by atoms with van der Waals surface area (Å²) in [6, 6.07) is 6.12. The summed E-state index contributed by atoms with van der Waals surface area (Å²) in [6.07, 6.45) is 1.30. The van der Waals surface area contributed by atoms with Crippen molar-refractivity contribution >= 4 is 15.9 Å². The zero-order valence-electron chi connectivity index (χ0n) is 17.7. The summed E-state index contributed by atoms with van der Waals surface area (Å²) < 4.78 is 65.9. The van der Waals surface area contributed by atoms with Crippen LogP contribution in [0.15, 0.2) is 29.2 Å². The Labute approximate surface area is 182 Å². The molecule has 1 saturated carbocycles. The molecule has 1 saturated heterocycles. The first-order valence-corrected chi connectivity index (χ1v) is 12.6. The highest BCUT2D eigenvalue weighted by atomic mass is 32.2. The van der Waals surface area contributed by atoms with Gasteiger partial charge in [0.05, 0.1) is 10.8 Å². The molecule has 3 rings (SSSR count). The highest BCUT2D eigenvalue weighted by Gasteiger charge is 2.42. The first-order valence-electron chi connectivity index (χ1n) is 11.1. The highest BCUT2D eigenvalue weighted by Crippen LogP contribution is 2.37. The molecule has 174 valence electrons. The average molecular weight is 461 g/mol. The van der Waals surface area contributed by atoms with Crippen LogP contribution in [0, 0.1) is 5.92 Å². The second-order valence-corrected chi connectivity index (χ2v) is 10.6. The van der Waals surface area contributed by atoms with Gasteiger partial charge in [-0.25, -0.2) is 8.42 Å². The number of amides is 1. The van der Waals surface area contributed by atoms with Crippen LogP contribution in [0.1, 0.15) is 63.4 Å². The summed E-state index contributed by atoms with van der Waals surface area (Å²) in [4.78, 5) is 12.5. The minimum Gasteiger partial charge on any atom is -0.353 e. The van der Waals surface area contributed by atoms with Gasteiger partial charge in [-0.05, 0) is 56.2 Å². The van der Waals surface area contributed by atoms with Crippen LogP contribution in [0.2, 0.25) is 0 Å². The molecule has 5 nitrogen and oxygen atoms in total. The van der Waals surface area contributed by atoms with E-state index in [0.717, 1.165) is 31.2 Å². The number of aryl methyl sites for hydroxylation is 1. The number of rotatable bonds is 6. The molecule has 1 heterocycles. The Balaban J connectivity index is 1.50. The number of alkyl halides is 3. The van der Waals surface area contributed by atoms with Gasteiger partial charge in [0.1, 0.15) is 0 Å². The highest BCUT2D eigenvalue weighted by molar-refractivity contribution is 7.89. The molecule has 2 fully saturated rings. The first kappa shape index (κ1) is 24.0. The molecule has 0 aromatic heterocycles. The predicted octanol–water partition coefficient (Wildman–Crippen LogP) is 4.42. The zero-order valence-corrected chi connectivity index (χ0v) is 18.5. The van der Waals surface area contributed by atoms with Crippen molar-refractivity contribution < 1.29 is 26.4 Å². The number of sulfonamides is 1. The van der Waals surface area contributed by atoms with E-state index in [4.69, 9.17) is 0 Å². The van der Waals surface area contributed by atoms with E-state index >= 15 is 0 Å². The van der Waals surface area contributed by atoms with Crippen molar-refractivity contribution in [3.8, 4) is 0 Å². The number of benzene rings is 1. The van der Waals surface area contributed by atoms with E-state index in [1.165, 1.54) is 0 Å². The van der Waals surface area contributed by atoms with Gasteiger partial charge in [-0.3, -0.25) is 4.79 Å². The molecule has 0 bridgehead atoms. The maximum Gasteiger partial charge on any atom is 0.391 e. The number of halogens is 3. The van der Waals surface area contributed by atoms with Gasteiger partial charge in [-0.2, -0.15) is 17.5 Å². The van der Waals surface area contributed by atoms with Crippen molar-refractivity contribution in [1.29, 1.82) is 0 Å². The lowest BCUT2D eigenvalue weighted by Gasteiger charge is -2.31. The van der Waals surface area contributed by atoms with Crippen molar-refractivity contribution in [3.63, 3.8) is 0 Å². The topological polar surface area (TPSA) is 66.5 Å². The minimum absolute atomic E-state index is 0.0572. The van der Waals surface area contributed by atoms with Crippen LogP contribution in [0.5, 0.6) is 0 Å². The van der Waals surface area contributed by atoms with Crippen molar-refractivity contribution in [1.82, 2.24) is 9.62 Å². The SMILES string of the molecule is O=C(CCc1ccc(S(=O)(=O)N2CCCCCC2)cc1)NC1CCCC(C(F)(F)F)C1. The number of nitrogens with zero attached hydrogens (tertiary/aromatic N) is 1. The van der Waals surface area contributed by atoms with Gasteiger partial charge in [0.15, 0.2) is 0 Å². The predicted molar refractivity (Wildman–Crippen MR) is 112 cm³/mol. The Morgan fingerprint density at radius 1 is 1.00 bits per heavy atom. The molecule has 0 spiro atoms. The second-order valence-electron chi connectivity index (χ2n) is 8.63. The molecule has 1 N–H and O–H groups in total. The van der Waals surface area contributed by atoms with E-state index in [9.17, 15) is 26.4 Å². The molecular weight excluding hydrogens is 429 g/mol. The molecule has 2 unspecified atom stereocenters. The normalized spacial score (nSPS) is 23.8. The molecule has 2 aliphatic rings. The Kier molecular flexibility index (Phi) is 8.02. The molecule has 1 aromatic carbocycles. The monoisotopic (exact) mass is 460 g/mol. The van der Waals surface area contributed by atoms with Crippen molar-refractivity contribution in [2.75, 3.05) is 13.1 Å². The molecule has 1 amide bonds. The van der Waals surface area contributed by atoms with E-state index in [1.54, 1.807) is 28.6 Å². The Hall–Kier alpha value is -1.61. The fraction of sp³-hybridized carbons (Fsp3) is 0.682. The van der Waals surface area contributed by atoms with Crippen LogP contribution in [-0.4, -0.2) is 43.9 Å². The van der Waals surface area contributed by atoms with Crippen LogP contribution < -0.4 is 5.32 Å². The van der Waals surface area contributed by atoms with E-state index < -0.39 is 28.2 Å². The first-order chi connectivity index (χ1) is 14.7. The third-order valence-corrected chi connectivity index (χ3v) is 8.18. The fourth-order valence-corrected chi connectivity index (χ4v) is 5.95. The van der Waals surface area contributed by atoms with Gasteiger partial charge in [0.25, 0.3) is 0 Å². The second kappa shape index (κ2) is 10.3. The molecular formula is C22H31F3N2O3S. The molecule has 31 heavy (non-hydrogen) atoms. The molecule has 9 heteroatoms. The summed E-state index contributed by atoms with van der Waals surface area (Å²) in [6.45, 7) is 1.08. The molecule has 1 aliphatic heterocycles. The summed E-state index contributed by atoms with van der Waals surface area (Å²) in [7, 11) is -3.51. The van der Waals surface area contributed by atoms with Crippen LogP contribution in [-0.2, 0) is 21.2 Å². The minimum atomic E-state index is -4.21. The standard InChI is InChI=1S/C22H31F3N2O3S/c23-22(24,25)18-6-5-7-19(16-18)26-21(28)13-10-17-8-11-20(12-9-17)31(29,30)27-14-3-1-2-4-15-27/h8-9,11-12,18-19H,1-7,10,13-16H2,(H,26,28). The molecule has 0 radical (unpaired) electrons. The average Bonchev–Trinajstić information content (AvgIpc) is 3.02. The lowest BCUT2D eigenvalue weighted by Crippen LogP contribution is -2.41. The van der Waals surface area contributed by atoms with Gasteiger partial charge in [0, 0.05) is 25.6 Å². The smallest absolute Gasteiger partial charge is 0.353 e. The van der Waals surface area contributed by atoms with E-state index in [2.05, 4.69) is 5.32 Å². The third-order valence-electron chi connectivity index (χ3n) is 6.27. The van der Waals surface area contributed by atoms with E-state index in [0.29, 0.717) is 32.4 Å². The maximum atomic E-state index is 12.9. The van der Waals surface area contributed by atoms with Gasteiger partial charge >= 0.3 is 6.18 Å². The van der Waals surface area contributed by atoms with Crippen molar-refractivity contribution in [3.05, 3.63) is 29.8 Å². The van der Waals surface area contributed by atoms with Gasteiger partial charge in [-0.15, -0.1) is 0 Å². The third kappa shape index (κ3) is 6.68. The molecule has 1 aliphatic carbocycles. The fourth-order valence-electron chi connectivity index (χ4n) is 4.44. The number of carbonyl (C=O) groups excluding carboxylic acids is 1. The van der Waals surface area contributed by atoms with Gasteiger partial charge in [-0.1, -0.05) is 31.4 Å². The Morgan fingerprint density at radius 2 is 1.65 bits per heavy atom. The summed E-state index contributed by atoms with van der Waals surface area (Å²) in [5.41, 5.74) is 0.821. The van der Waals surface area contributed by atoms with Crippen LogP contribution in [0.4, 0.5) is 13.2 Å². The Morgan fingerprint density at radius 3 is 2.26 bits per heavy atom. The summed E-state index contributed by atoms with van der Waals surface area (Å²) in [5.74, 6) is -1.61. The lowest BCUT2D eigenvalue weighted by atomic mass is 9.85. The number of hydrogen-bond donors (Lipinski definition) is 1. The van der Waals surface area contributed by atoms with Crippen LogP contribution in [0.25, 0.3) is 0 Å². The molecule has 2 atom stereocenters. The van der Waals surface area contributed by atoms with Crippen LogP contribution >= 0.6 is 0 Å².